The summed E-state index contributed by atoms with van der Waals surface area (Å²) >= 11 is 14.1. The molecule has 0 aromatic heterocycles. The first-order chi connectivity index (χ1) is 6.00. The van der Waals surface area contributed by atoms with Crippen molar-refractivity contribution in [2.24, 2.45) is 0 Å². The Morgan fingerprint density at radius 1 is 1.15 bits per heavy atom. The highest BCUT2D eigenvalue weighted by Gasteiger charge is 2.07. The van der Waals surface area contributed by atoms with Crippen molar-refractivity contribution in [3.05, 3.63) is 27.2 Å². The molecule has 72 valence electrons. The molecule has 0 aliphatic carbocycles. The summed E-state index contributed by atoms with van der Waals surface area (Å²) < 4.78 is 24.6. The fourth-order valence-electron chi connectivity index (χ4n) is 0.641. The summed E-state index contributed by atoms with van der Waals surface area (Å²) in [5.41, 5.74) is 0. The fraction of sp³-hybridized carbons (Fsp3) is 0. The summed E-state index contributed by atoms with van der Waals surface area (Å²) in [5.74, 6) is -0.0515. The highest BCUT2D eigenvalue weighted by Crippen LogP contribution is 2.33. The van der Waals surface area contributed by atoms with Gasteiger partial charge in [-0.05, 0) is 6.07 Å². The summed E-state index contributed by atoms with van der Waals surface area (Å²) in [7, 11) is 0. The SMILES string of the molecule is O=S([O-])Oc1cc(Cl)c(Cl)cc1Cl. The van der Waals surface area contributed by atoms with Gasteiger partial charge in [-0.25, -0.2) is 4.21 Å². The Bertz CT molecular complexity index is 355. The maximum absolute atomic E-state index is 10.2. The molecule has 1 aromatic carbocycles. The van der Waals surface area contributed by atoms with Gasteiger partial charge in [0.25, 0.3) is 0 Å². The van der Waals surface area contributed by atoms with E-state index in [1.54, 1.807) is 0 Å². The van der Waals surface area contributed by atoms with Gasteiger partial charge in [0.1, 0.15) is 11.4 Å². The lowest BCUT2D eigenvalue weighted by Crippen LogP contribution is -1.98. The zero-order valence-corrected chi connectivity index (χ0v) is 9.01. The standard InChI is InChI=1S/C6H3Cl3O3S/c7-3-1-5(9)6(2-4(3)8)12-13(10)11/h1-2H,(H,10,11)/p-1. The molecule has 0 fully saturated rings. The van der Waals surface area contributed by atoms with Gasteiger partial charge in [0.2, 0.25) is 0 Å². The van der Waals surface area contributed by atoms with Gasteiger partial charge in [0, 0.05) is 6.07 Å². The molecule has 13 heavy (non-hydrogen) atoms. The molecule has 1 rings (SSSR count). The Labute approximate surface area is 92.0 Å². The van der Waals surface area contributed by atoms with Crippen molar-refractivity contribution < 1.29 is 12.9 Å². The topological polar surface area (TPSA) is 49.4 Å². The zero-order valence-electron chi connectivity index (χ0n) is 5.92. The van der Waals surface area contributed by atoms with Crippen LogP contribution in [0.5, 0.6) is 5.75 Å². The van der Waals surface area contributed by atoms with Crippen LogP contribution < -0.4 is 4.18 Å². The summed E-state index contributed by atoms with van der Waals surface area (Å²) in [6.45, 7) is 0. The first-order valence-corrected chi connectivity index (χ1v) is 5.06. The second kappa shape index (κ2) is 4.48. The van der Waals surface area contributed by atoms with Gasteiger partial charge in [0.15, 0.2) is 5.75 Å². The number of rotatable bonds is 2. The molecular formula is C6H2Cl3O3S-. The molecule has 0 spiro atoms. The highest BCUT2D eigenvalue weighted by molar-refractivity contribution is 7.74. The van der Waals surface area contributed by atoms with E-state index in [1.807, 2.05) is 0 Å². The quantitative estimate of drug-likeness (QED) is 0.607. The predicted octanol–water partition coefficient (Wildman–Crippen LogP) is 2.82. The lowest BCUT2D eigenvalue weighted by atomic mass is 10.3. The van der Waals surface area contributed by atoms with E-state index in [1.165, 1.54) is 12.1 Å². The molecular weight excluding hydrogens is 258 g/mol. The molecule has 0 aliphatic rings. The maximum Gasteiger partial charge on any atom is 0.159 e. The first-order valence-electron chi connectivity index (χ1n) is 2.93. The Morgan fingerprint density at radius 3 is 2.23 bits per heavy atom. The van der Waals surface area contributed by atoms with Gasteiger partial charge in [0.05, 0.1) is 15.1 Å². The summed E-state index contributed by atoms with van der Waals surface area (Å²) in [5, 5.41) is 0.487. The molecule has 0 saturated carbocycles. The molecule has 0 N–H and O–H groups in total. The molecule has 0 heterocycles. The van der Waals surface area contributed by atoms with Crippen LogP contribution >= 0.6 is 34.8 Å². The molecule has 0 bridgehead atoms. The van der Waals surface area contributed by atoms with E-state index in [0.717, 1.165) is 0 Å². The molecule has 1 aromatic rings. The van der Waals surface area contributed by atoms with Crippen molar-refractivity contribution in [1.29, 1.82) is 0 Å². The molecule has 0 amide bonds. The fourth-order valence-corrected chi connectivity index (χ4v) is 1.55. The lowest BCUT2D eigenvalue weighted by molar-refractivity contribution is 0.440. The minimum absolute atomic E-state index is 0.0515. The average Bonchev–Trinajstić information content (AvgIpc) is 1.99. The van der Waals surface area contributed by atoms with Crippen molar-refractivity contribution in [3.8, 4) is 5.75 Å². The van der Waals surface area contributed by atoms with Crippen LogP contribution in [0.15, 0.2) is 12.1 Å². The van der Waals surface area contributed by atoms with Gasteiger partial charge < -0.3 is 8.74 Å². The number of hydrogen-bond donors (Lipinski definition) is 0. The van der Waals surface area contributed by atoms with Gasteiger partial charge in [-0.3, -0.25) is 0 Å². The van der Waals surface area contributed by atoms with E-state index in [-0.39, 0.29) is 20.8 Å². The third kappa shape index (κ3) is 3.00. The lowest BCUT2D eigenvalue weighted by Gasteiger charge is -2.09. The largest absolute Gasteiger partial charge is 0.740 e. The third-order valence-electron chi connectivity index (χ3n) is 1.13. The number of halogens is 3. The molecule has 0 radical (unpaired) electrons. The summed E-state index contributed by atoms with van der Waals surface area (Å²) in [6.07, 6.45) is 0. The molecule has 3 nitrogen and oxygen atoms in total. The van der Waals surface area contributed by atoms with Crippen LogP contribution in [0.25, 0.3) is 0 Å². The van der Waals surface area contributed by atoms with Gasteiger partial charge in [-0.2, -0.15) is 0 Å². The average molecular weight is 261 g/mol. The van der Waals surface area contributed by atoms with Crippen LogP contribution in [-0.2, 0) is 11.4 Å². The Hall–Kier alpha value is -0.000000000000000167. The Balaban J connectivity index is 3.08. The van der Waals surface area contributed by atoms with Crippen molar-refractivity contribution in [1.82, 2.24) is 0 Å². The van der Waals surface area contributed by atoms with Crippen LogP contribution in [0.3, 0.4) is 0 Å². The first kappa shape index (κ1) is 11.1. The molecule has 0 saturated heterocycles. The summed E-state index contributed by atoms with van der Waals surface area (Å²) in [6, 6.07) is 2.52. The minimum atomic E-state index is -2.68. The summed E-state index contributed by atoms with van der Waals surface area (Å²) in [4.78, 5) is 0. The third-order valence-corrected chi connectivity index (χ3v) is 2.47. The van der Waals surface area contributed by atoms with E-state index in [4.69, 9.17) is 34.8 Å². The van der Waals surface area contributed by atoms with Crippen molar-refractivity contribution in [2.75, 3.05) is 0 Å². The van der Waals surface area contributed by atoms with Crippen LogP contribution in [0.4, 0.5) is 0 Å². The van der Waals surface area contributed by atoms with Crippen LogP contribution in [0.2, 0.25) is 15.1 Å². The zero-order chi connectivity index (χ0) is 10.0. The molecule has 7 heteroatoms. The van der Waals surface area contributed by atoms with E-state index in [0.29, 0.717) is 0 Å². The molecule has 1 unspecified atom stereocenters. The number of benzene rings is 1. The van der Waals surface area contributed by atoms with Crippen molar-refractivity contribution >= 4 is 46.2 Å². The van der Waals surface area contributed by atoms with E-state index in [9.17, 15) is 8.76 Å². The van der Waals surface area contributed by atoms with E-state index < -0.39 is 11.4 Å². The smallest absolute Gasteiger partial charge is 0.159 e. The minimum Gasteiger partial charge on any atom is -0.740 e. The second-order valence-corrected chi connectivity index (χ2v) is 3.78. The second-order valence-electron chi connectivity index (χ2n) is 1.98. The van der Waals surface area contributed by atoms with Crippen LogP contribution in [-0.4, -0.2) is 8.76 Å². The van der Waals surface area contributed by atoms with Gasteiger partial charge in [-0.1, -0.05) is 34.8 Å². The van der Waals surface area contributed by atoms with Crippen molar-refractivity contribution in [3.63, 3.8) is 0 Å². The van der Waals surface area contributed by atoms with Gasteiger partial charge >= 0.3 is 0 Å². The van der Waals surface area contributed by atoms with E-state index >= 15 is 0 Å². The van der Waals surface area contributed by atoms with Crippen molar-refractivity contribution in [2.45, 2.75) is 0 Å². The van der Waals surface area contributed by atoms with Crippen LogP contribution in [0, 0.1) is 0 Å². The monoisotopic (exact) mass is 259 g/mol. The van der Waals surface area contributed by atoms with Crippen LogP contribution in [0.1, 0.15) is 0 Å². The molecule has 0 aliphatic heterocycles. The predicted molar refractivity (Wildman–Crippen MR) is 51.0 cm³/mol. The number of hydrogen-bond acceptors (Lipinski definition) is 3. The molecule has 1 atom stereocenters. The van der Waals surface area contributed by atoms with E-state index in [2.05, 4.69) is 4.18 Å². The maximum atomic E-state index is 10.2. The van der Waals surface area contributed by atoms with Gasteiger partial charge in [-0.15, -0.1) is 0 Å². The normalized spacial score (nSPS) is 12.6. The Kier molecular flexibility index (Phi) is 3.82. The highest BCUT2D eigenvalue weighted by atomic mass is 35.5. The Morgan fingerprint density at radius 2 is 1.69 bits per heavy atom.